The third-order valence-electron chi connectivity index (χ3n) is 6.49. The fourth-order valence-electron chi connectivity index (χ4n) is 4.47. The number of nitrogens with one attached hydrogen (secondary N) is 2. The zero-order valence-corrected chi connectivity index (χ0v) is 20.9. The molecule has 0 radical (unpaired) electrons. The van der Waals surface area contributed by atoms with Gasteiger partial charge in [-0.05, 0) is 82.8 Å². The molecule has 1 saturated carbocycles. The van der Waals surface area contributed by atoms with Gasteiger partial charge in [-0.15, -0.1) is 24.0 Å². The molecule has 1 heterocycles. The van der Waals surface area contributed by atoms with Gasteiger partial charge in [-0.3, -0.25) is 4.99 Å². The average Bonchev–Trinajstić information content (AvgIpc) is 3.15. The van der Waals surface area contributed by atoms with Gasteiger partial charge >= 0.3 is 0 Å². The Bertz CT molecular complexity index is 419. The van der Waals surface area contributed by atoms with Gasteiger partial charge in [-0.25, -0.2) is 0 Å². The Morgan fingerprint density at radius 1 is 1.14 bits per heavy atom. The molecule has 28 heavy (non-hydrogen) atoms. The number of nitrogens with zero attached hydrogens (tertiary/aromatic N) is 2. The van der Waals surface area contributed by atoms with Gasteiger partial charge in [0.25, 0.3) is 0 Å². The summed E-state index contributed by atoms with van der Waals surface area (Å²) in [6, 6.07) is 0. The first-order valence-corrected chi connectivity index (χ1v) is 11.4. The number of unbranched alkanes of at least 4 members (excludes halogenated alkanes) is 1. The third-order valence-corrected chi connectivity index (χ3v) is 6.49. The molecule has 0 aromatic rings. The second kappa shape index (κ2) is 14.8. The summed E-state index contributed by atoms with van der Waals surface area (Å²) >= 11 is 0. The monoisotopic (exact) mass is 508 g/mol. The highest BCUT2D eigenvalue weighted by molar-refractivity contribution is 14.0. The second-order valence-corrected chi connectivity index (χ2v) is 8.80. The van der Waals surface area contributed by atoms with Crippen molar-refractivity contribution in [1.82, 2.24) is 15.5 Å². The summed E-state index contributed by atoms with van der Waals surface area (Å²) in [6.07, 6.45) is 11.7. The van der Waals surface area contributed by atoms with E-state index >= 15 is 0 Å². The number of hydrogen-bond acceptors (Lipinski definition) is 3. The van der Waals surface area contributed by atoms with Gasteiger partial charge in [-0.1, -0.05) is 19.8 Å². The Balaban J connectivity index is 0.00000392. The number of methoxy groups -OCH3 is 1. The number of guanidine groups is 1. The lowest BCUT2D eigenvalue weighted by Crippen LogP contribution is -2.39. The maximum Gasteiger partial charge on any atom is 0.191 e. The van der Waals surface area contributed by atoms with Crippen LogP contribution in [0, 0.1) is 11.3 Å². The van der Waals surface area contributed by atoms with Crippen LogP contribution in [-0.2, 0) is 4.74 Å². The Morgan fingerprint density at radius 2 is 1.86 bits per heavy atom. The van der Waals surface area contributed by atoms with Crippen LogP contribution in [0.2, 0.25) is 0 Å². The predicted molar refractivity (Wildman–Crippen MR) is 131 cm³/mol. The fourth-order valence-corrected chi connectivity index (χ4v) is 4.47. The number of halogens is 1. The first-order chi connectivity index (χ1) is 13.2. The first-order valence-electron chi connectivity index (χ1n) is 11.4. The van der Waals surface area contributed by atoms with Crippen LogP contribution in [0.3, 0.4) is 0 Å². The Hall–Kier alpha value is -0.0800. The first kappa shape index (κ1) is 26.0. The summed E-state index contributed by atoms with van der Waals surface area (Å²) in [6.45, 7) is 12.1. The molecule has 0 aromatic carbocycles. The summed E-state index contributed by atoms with van der Waals surface area (Å²) < 4.78 is 5.35. The number of aliphatic imine (C=N–C) groups is 1. The van der Waals surface area contributed by atoms with Gasteiger partial charge in [-0.2, -0.15) is 0 Å². The van der Waals surface area contributed by atoms with Crippen LogP contribution >= 0.6 is 24.0 Å². The number of rotatable bonds is 11. The minimum absolute atomic E-state index is 0. The molecule has 0 unspecified atom stereocenters. The highest BCUT2D eigenvalue weighted by Gasteiger charge is 2.33. The molecule has 0 bridgehead atoms. The van der Waals surface area contributed by atoms with Gasteiger partial charge < -0.3 is 20.3 Å². The Kier molecular flexibility index (Phi) is 13.7. The van der Waals surface area contributed by atoms with Crippen molar-refractivity contribution in [2.75, 3.05) is 53.0 Å². The minimum atomic E-state index is 0. The molecule has 2 rings (SSSR count). The largest absolute Gasteiger partial charge is 0.385 e. The average molecular weight is 509 g/mol. The predicted octanol–water partition coefficient (Wildman–Crippen LogP) is 4.27. The molecule has 1 aliphatic carbocycles. The summed E-state index contributed by atoms with van der Waals surface area (Å²) in [4.78, 5) is 7.58. The van der Waals surface area contributed by atoms with Crippen LogP contribution in [0.25, 0.3) is 0 Å². The number of piperidine rings is 1. The zero-order valence-electron chi connectivity index (χ0n) is 18.6. The minimum Gasteiger partial charge on any atom is -0.385 e. The van der Waals surface area contributed by atoms with Crippen LogP contribution in [0.5, 0.6) is 0 Å². The van der Waals surface area contributed by atoms with Crippen molar-refractivity contribution in [1.29, 1.82) is 0 Å². The van der Waals surface area contributed by atoms with Crippen LogP contribution < -0.4 is 10.6 Å². The van der Waals surface area contributed by atoms with Crippen LogP contribution in [-0.4, -0.2) is 63.8 Å². The van der Waals surface area contributed by atoms with Crippen molar-refractivity contribution in [3.8, 4) is 0 Å². The lowest BCUT2D eigenvalue weighted by molar-refractivity contribution is 0.141. The topological polar surface area (TPSA) is 48.9 Å². The molecule has 1 aliphatic heterocycles. The van der Waals surface area contributed by atoms with Crippen molar-refractivity contribution in [3.05, 3.63) is 0 Å². The van der Waals surface area contributed by atoms with E-state index in [4.69, 9.17) is 9.73 Å². The zero-order chi connectivity index (χ0) is 19.4. The molecule has 166 valence electrons. The van der Waals surface area contributed by atoms with Gasteiger partial charge in [0, 0.05) is 33.4 Å². The van der Waals surface area contributed by atoms with Crippen molar-refractivity contribution in [2.45, 2.75) is 71.6 Å². The van der Waals surface area contributed by atoms with Gasteiger partial charge in [0.05, 0.1) is 0 Å². The fraction of sp³-hybridized carbons (Fsp3) is 0.955. The van der Waals surface area contributed by atoms with E-state index in [1.165, 1.54) is 71.0 Å². The molecular formula is C22H45IN4O. The lowest BCUT2D eigenvalue weighted by atomic mass is 9.83. The highest BCUT2D eigenvalue weighted by Crippen LogP contribution is 2.41. The van der Waals surface area contributed by atoms with E-state index in [1.807, 2.05) is 7.11 Å². The lowest BCUT2D eigenvalue weighted by Gasteiger charge is -2.30. The highest BCUT2D eigenvalue weighted by atomic mass is 127. The van der Waals surface area contributed by atoms with Gasteiger partial charge in [0.1, 0.15) is 0 Å². The molecule has 2 fully saturated rings. The molecule has 2 aliphatic rings. The number of likely N-dealkylation sites (tertiary alicyclic amines) is 1. The van der Waals surface area contributed by atoms with E-state index in [0.29, 0.717) is 5.41 Å². The Labute approximate surface area is 190 Å². The van der Waals surface area contributed by atoms with Gasteiger partial charge in [0.15, 0.2) is 5.96 Å². The summed E-state index contributed by atoms with van der Waals surface area (Å²) in [7, 11) is 1.81. The van der Waals surface area contributed by atoms with E-state index in [0.717, 1.165) is 44.5 Å². The second-order valence-electron chi connectivity index (χ2n) is 8.80. The van der Waals surface area contributed by atoms with Crippen molar-refractivity contribution in [2.24, 2.45) is 16.3 Å². The quantitative estimate of drug-likeness (QED) is 0.190. The number of ether oxygens (including phenoxy) is 1. The summed E-state index contributed by atoms with van der Waals surface area (Å²) in [5, 5.41) is 6.97. The van der Waals surface area contributed by atoms with Crippen LogP contribution in [0.1, 0.15) is 71.6 Å². The van der Waals surface area contributed by atoms with E-state index in [9.17, 15) is 0 Å². The molecule has 6 heteroatoms. The van der Waals surface area contributed by atoms with E-state index in [-0.39, 0.29) is 24.0 Å². The van der Waals surface area contributed by atoms with Crippen molar-refractivity contribution in [3.63, 3.8) is 0 Å². The van der Waals surface area contributed by atoms with E-state index < -0.39 is 0 Å². The summed E-state index contributed by atoms with van der Waals surface area (Å²) in [5.41, 5.74) is 0.365. The molecule has 0 atom stereocenters. The molecular weight excluding hydrogens is 463 g/mol. The molecule has 1 saturated heterocycles. The van der Waals surface area contributed by atoms with Crippen molar-refractivity contribution < 1.29 is 4.74 Å². The van der Waals surface area contributed by atoms with Crippen LogP contribution in [0.15, 0.2) is 4.99 Å². The van der Waals surface area contributed by atoms with E-state index in [2.05, 4.69) is 29.4 Å². The smallest absolute Gasteiger partial charge is 0.191 e. The molecule has 0 aromatic heterocycles. The molecule has 2 N–H and O–H groups in total. The third kappa shape index (κ3) is 9.61. The van der Waals surface area contributed by atoms with Crippen LogP contribution in [0.4, 0.5) is 0 Å². The van der Waals surface area contributed by atoms with E-state index in [1.54, 1.807) is 0 Å². The molecule has 0 spiro atoms. The molecule has 5 nitrogen and oxygen atoms in total. The Morgan fingerprint density at radius 3 is 2.50 bits per heavy atom. The van der Waals surface area contributed by atoms with Gasteiger partial charge in [0.2, 0.25) is 0 Å². The summed E-state index contributed by atoms with van der Waals surface area (Å²) in [5.74, 6) is 1.92. The molecule has 0 amide bonds. The van der Waals surface area contributed by atoms with Crippen molar-refractivity contribution >= 4 is 29.9 Å². The maximum absolute atomic E-state index is 5.35. The number of hydrogen-bond donors (Lipinski definition) is 2. The normalized spacial score (nSPS) is 20.8. The SMILES string of the molecule is CCNC(=NCC1(CCOC)CCCC1)NCCCCN1CCC(C)CC1.I. The maximum atomic E-state index is 5.35. The standard InChI is InChI=1S/C22H44N4O.HI/c1-4-23-21(25-19-22(13-18-27-3)11-5-6-12-22)24-14-7-8-15-26-16-9-20(2)10-17-26;/h20H,4-19H2,1-3H3,(H2,23,24,25);1H.